The van der Waals surface area contributed by atoms with Crippen molar-refractivity contribution in [2.45, 2.75) is 0 Å². The van der Waals surface area contributed by atoms with Crippen molar-refractivity contribution in [2.24, 2.45) is 7.05 Å². The number of hydrogen-bond acceptors (Lipinski definition) is 6. The number of nitrogen functional groups attached to an aromatic ring is 1. The smallest absolute Gasteiger partial charge is 0.227 e. The molecule has 0 radical (unpaired) electrons. The van der Waals surface area contributed by atoms with Gasteiger partial charge in [0.05, 0.1) is 27.8 Å². The fraction of sp³-hybridized carbons (Fsp3) is 0.250. The Morgan fingerprint density at radius 3 is 2.66 bits per heavy atom. The SMILES string of the molecule is CN(C)CCN(C)c1cc(Cl)c(Nc2nccc(-c3cn(C)c4ccccc34)n2)cc1N. The zero-order valence-electron chi connectivity index (χ0n) is 18.8. The fourth-order valence-corrected chi connectivity index (χ4v) is 3.92. The van der Waals surface area contributed by atoms with E-state index in [0.29, 0.717) is 22.3 Å². The summed E-state index contributed by atoms with van der Waals surface area (Å²) in [6.45, 7) is 1.76. The fourth-order valence-electron chi connectivity index (χ4n) is 3.71. The molecule has 0 aliphatic carbocycles. The van der Waals surface area contributed by atoms with Gasteiger partial charge in [0.2, 0.25) is 5.95 Å². The van der Waals surface area contributed by atoms with Crippen LogP contribution in [0.4, 0.5) is 23.0 Å². The van der Waals surface area contributed by atoms with E-state index < -0.39 is 0 Å². The summed E-state index contributed by atoms with van der Waals surface area (Å²) >= 11 is 6.58. The number of nitrogens with zero attached hydrogens (tertiary/aromatic N) is 5. The Kier molecular flexibility index (Phi) is 6.21. The summed E-state index contributed by atoms with van der Waals surface area (Å²) in [5, 5.41) is 4.93. The molecule has 3 N–H and O–H groups in total. The second kappa shape index (κ2) is 9.06. The number of halogens is 1. The Morgan fingerprint density at radius 1 is 1.09 bits per heavy atom. The van der Waals surface area contributed by atoms with E-state index >= 15 is 0 Å². The molecule has 0 atom stereocenters. The van der Waals surface area contributed by atoms with Crippen LogP contribution in [-0.4, -0.2) is 53.7 Å². The summed E-state index contributed by atoms with van der Waals surface area (Å²) in [6, 6.07) is 13.9. The molecular formula is C24H28ClN7. The van der Waals surface area contributed by atoms with Crippen LogP contribution in [0.25, 0.3) is 22.2 Å². The van der Waals surface area contributed by atoms with Crippen LogP contribution in [-0.2, 0) is 7.05 Å². The van der Waals surface area contributed by atoms with Gasteiger partial charge in [-0.05, 0) is 38.4 Å². The van der Waals surface area contributed by atoms with Gasteiger partial charge in [-0.15, -0.1) is 0 Å². The number of aryl methyl sites for hydroxylation is 1. The molecule has 0 aliphatic rings. The minimum Gasteiger partial charge on any atom is -0.397 e. The normalized spacial score (nSPS) is 11.3. The van der Waals surface area contributed by atoms with Gasteiger partial charge in [0.1, 0.15) is 0 Å². The van der Waals surface area contributed by atoms with Crippen molar-refractivity contribution in [1.82, 2.24) is 19.4 Å². The zero-order chi connectivity index (χ0) is 22.8. The highest BCUT2D eigenvalue weighted by Gasteiger charge is 2.14. The summed E-state index contributed by atoms with van der Waals surface area (Å²) in [7, 11) is 8.13. The van der Waals surface area contributed by atoms with Gasteiger partial charge >= 0.3 is 0 Å². The number of fused-ring (bicyclic) bond motifs is 1. The average molecular weight is 450 g/mol. The quantitative estimate of drug-likeness (QED) is 0.401. The van der Waals surface area contributed by atoms with Gasteiger partial charge in [0.15, 0.2) is 0 Å². The van der Waals surface area contributed by atoms with Crippen LogP contribution < -0.4 is 16.0 Å². The van der Waals surface area contributed by atoms with Gasteiger partial charge < -0.3 is 25.4 Å². The van der Waals surface area contributed by atoms with Crippen molar-refractivity contribution in [3.05, 3.63) is 59.9 Å². The van der Waals surface area contributed by atoms with E-state index in [1.807, 2.05) is 58.5 Å². The molecule has 2 aromatic heterocycles. The summed E-state index contributed by atoms with van der Waals surface area (Å²) in [5.41, 5.74) is 11.6. The molecule has 4 rings (SSSR count). The zero-order valence-corrected chi connectivity index (χ0v) is 19.6. The molecule has 0 saturated heterocycles. The molecule has 8 heteroatoms. The molecule has 0 unspecified atom stereocenters. The lowest BCUT2D eigenvalue weighted by molar-refractivity contribution is 0.416. The molecule has 0 bridgehead atoms. The second-order valence-electron chi connectivity index (χ2n) is 8.18. The second-order valence-corrected chi connectivity index (χ2v) is 8.58. The topological polar surface area (TPSA) is 75.2 Å². The highest BCUT2D eigenvalue weighted by molar-refractivity contribution is 6.33. The monoisotopic (exact) mass is 449 g/mol. The van der Waals surface area contributed by atoms with Crippen LogP contribution >= 0.6 is 11.6 Å². The maximum Gasteiger partial charge on any atom is 0.227 e. The van der Waals surface area contributed by atoms with E-state index in [1.165, 1.54) is 0 Å². The first-order valence-electron chi connectivity index (χ1n) is 10.4. The van der Waals surface area contributed by atoms with Gasteiger partial charge in [-0.25, -0.2) is 9.97 Å². The minimum absolute atomic E-state index is 0.463. The van der Waals surface area contributed by atoms with E-state index in [2.05, 4.69) is 43.0 Å². The largest absolute Gasteiger partial charge is 0.397 e. The number of aromatic nitrogens is 3. The lowest BCUT2D eigenvalue weighted by Crippen LogP contribution is -2.29. The first kappa shape index (κ1) is 21.9. The van der Waals surface area contributed by atoms with Crippen molar-refractivity contribution in [2.75, 3.05) is 50.2 Å². The Morgan fingerprint density at radius 2 is 1.88 bits per heavy atom. The van der Waals surface area contributed by atoms with Gasteiger partial charge in [-0.2, -0.15) is 0 Å². The number of rotatable bonds is 7. The predicted molar refractivity (Wildman–Crippen MR) is 135 cm³/mol. The van der Waals surface area contributed by atoms with Crippen LogP contribution in [0, 0.1) is 0 Å². The molecule has 0 saturated carbocycles. The number of nitrogens with one attached hydrogen (secondary N) is 1. The van der Waals surface area contributed by atoms with Crippen LogP contribution in [0.5, 0.6) is 0 Å². The van der Waals surface area contributed by atoms with E-state index in [-0.39, 0.29) is 0 Å². The van der Waals surface area contributed by atoms with E-state index in [9.17, 15) is 0 Å². The standard InChI is InChI=1S/C24H28ClN7/c1-30(2)11-12-31(3)23-13-18(25)21(14-19(23)26)29-24-27-10-9-20(28-24)17-15-32(4)22-8-6-5-7-16(17)22/h5-10,13-15H,11-12,26H2,1-4H3,(H,27,28,29). The van der Waals surface area contributed by atoms with Gasteiger partial charge in [0, 0.05) is 56.0 Å². The van der Waals surface area contributed by atoms with Crippen LogP contribution in [0.3, 0.4) is 0 Å². The van der Waals surface area contributed by atoms with E-state index in [4.69, 9.17) is 22.3 Å². The number of nitrogens with two attached hydrogens (primary N) is 1. The first-order valence-corrected chi connectivity index (χ1v) is 10.8. The Labute approximate surface area is 193 Å². The lowest BCUT2D eigenvalue weighted by Gasteiger charge is -2.24. The summed E-state index contributed by atoms with van der Waals surface area (Å²) in [5.74, 6) is 0.463. The number of anilines is 4. The number of likely N-dealkylation sites (N-methyl/N-ethyl adjacent to an activating group) is 2. The molecule has 0 amide bonds. The van der Waals surface area contributed by atoms with Crippen molar-refractivity contribution in [1.29, 1.82) is 0 Å². The van der Waals surface area contributed by atoms with E-state index in [1.54, 1.807) is 6.20 Å². The number of hydrogen-bond donors (Lipinski definition) is 2. The van der Waals surface area contributed by atoms with Crippen LogP contribution in [0.15, 0.2) is 54.9 Å². The maximum atomic E-state index is 6.58. The molecule has 4 aromatic rings. The van der Waals surface area contributed by atoms with Crippen molar-refractivity contribution in [3.8, 4) is 11.3 Å². The van der Waals surface area contributed by atoms with Gasteiger partial charge in [-0.3, -0.25) is 0 Å². The number of benzene rings is 2. The Hall–Kier alpha value is -3.29. The van der Waals surface area contributed by atoms with Crippen molar-refractivity contribution >= 4 is 45.5 Å². The molecule has 2 heterocycles. The molecular weight excluding hydrogens is 422 g/mol. The summed E-state index contributed by atoms with van der Waals surface area (Å²) in [4.78, 5) is 13.3. The first-order chi connectivity index (χ1) is 15.3. The molecule has 7 nitrogen and oxygen atoms in total. The number of para-hydroxylation sites is 1. The van der Waals surface area contributed by atoms with Crippen LogP contribution in [0.1, 0.15) is 0 Å². The van der Waals surface area contributed by atoms with Crippen molar-refractivity contribution < 1.29 is 0 Å². The Balaban J connectivity index is 1.61. The molecule has 0 fully saturated rings. The van der Waals surface area contributed by atoms with Gasteiger partial charge in [0.25, 0.3) is 0 Å². The lowest BCUT2D eigenvalue weighted by atomic mass is 10.1. The molecule has 0 aliphatic heterocycles. The third-order valence-corrected chi connectivity index (χ3v) is 5.80. The third kappa shape index (κ3) is 4.49. The highest BCUT2D eigenvalue weighted by atomic mass is 35.5. The molecule has 2 aromatic carbocycles. The van der Waals surface area contributed by atoms with Gasteiger partial charge in [-0.1, -0.05) is 29.8 Å². The van der Waals surface area contributed by atoms with Crippen molar-refractivity contribution in [3.63, 3.8) is 0 Å². The third-order valence-electron chi connectivity index (χ3n) is 5.49. The highest BCUT2D eigenvalue weighted by Crippen LogP contribution is 2.35. The molecule has 32 heavy (non-hydrogen) atoms. The maximum absolute atomic E-state index is 6.58. The average Bonchev–Trinajstić information content (AvgIpc) is 3.11. The molecule has 166 valence electrons. The Bertz CT molecular complexity index is 1250. The molecule has 0 spiro atoms. The van der Waals surface area contributed by atoms with E-state index in [0.717, 1.165) is 40.9 Å². The summed E-state index contributed by atoms with van der Waals surface area (Å²) in [6.07, 6.45) is 3.83. The minimum atomic E-state index is 0.463. The summed E-state index contributed by atoms with van der Waals surface area (Å²) < 4.78 is 2.10. The predicted octanol–water partition coefficient (Wildman–Crippen LogP) is 4.61. The van der Waals surface area contributed by atoms with Crippen LogP contribution in [0.2, 0.25) is 5.02 Å².